The highest BCUT2D eigenvalue weighted by Crippen LogP contribution is 2.44. The summed E-state index contributed by atoms with van der Waals surface area (Å²) in [4.78, 5) is 24.9. The van der Waals surface area contributed by atoms with Gasteiger partial charge < -0.3 is 5.11 Å². The predicted molar refractivity (Wildman–Crippen MR) is 53.7 cm³/mol. The Bertz CT molecular complexity index is 302. The number of hydrogen-bond acceptors (Lipinski definition) is 3. The normalized spacial score (nSPS) is 40.9. The van der Waals surface area contributed by atoms with Gasteiger partial charge in [-0.2, -0.15) is 0 Å². The molecule has 2 fully saturated rings. The van der Waals surface area contributed by atoms with Gasteiger partial charge >= 0.3 is 0 Å². The number of imide groups is 1. The van der Waals surface area contributed by atoms with Crippen LogP contribution in [0.4, 0.5) is 0 Å². The van der Waals surface area contributed by atoms with E-state index in [1.807, 2.05) is 6.92 Å². The maximum Gasteiger partial charge on any atom is 0.233 e. The number of nitrogens with zero attached hydrogens (tertiary/aromatic N) is 1. The molecule has 1 aliphatic carbocycles. The van der Waals surface area contributed by atoms with Gasteiger partial charge in [0.05, 0.1) is 11.8 Å². The number of rotatable bonds is 1. The molecule has 1 N–H and O–H groups in total. The molecule has 4 unspecified atom stereocenters. The summed E-state index contributed by atoms with van der Waals surface area (Å²) in [6.07, 6.45) is 1.78. The fraction of sp³-hybridized carbons (Fsp3) is 0.818. The van der Waals surface area contributed by atoms with E-state index in [9.17, 15) is 14.7 Å². The lowest BCUT2D eigenvalue weighted by Crippen LogP contribution is -2.37. The summed E-state index contributed by atoms with van der Waals surface area (Å²) < 4.78 is 0. The van der Waals surface area contributed by atoms with Crippen LogP contribution in [0.25, 0.3) is 0 Å². The molecule has 1 aliphatic heterocycles. The average Bonchev–Trinajstić information content (AvgIpc) is 2.46. The Morgan fingerprint density at radius 2 is 1.87 bits per heavy atom. The highest BCUT2D eigenvalue weighted by atomic mass is 16.3. The highest BCUT2D eigenvalue weighted by molar-refractivity contribution is 6.05. The molecule has 2 aliphatic rings. The minimum absolute atomic E-state index is 0.0146. The summed E-state index contributed by atoms with van der Waals surface area (Å²) in [5, 5.41) is 9.23. The van der Waals surface area contributed by atoms with E-state index in [1.165, 1.54) is 4.90 Å². The van der Waals surface area contributed by atoms with Gasteiger partial charge in [0, 0.05) is 13.7 Å². The Hall–Kier alpha value is -0.900. The highest BCUT2D eigenvalue weighted by Gasteiger charge is 2.53. The van der Waals surface area contributed by atoms with Crippen molar-refractivity contribution in [2.45, 2.75) is 19.8 Å². The second-order valence-electron chi connectivity index (χ2n) is 4.78. The van der Waals surface area contributed by atoms with E-state index in [-0.39, 0.29) is 42.1 Å². The van der Waals surface area contributed by atoms with E-state index >= 15 is 0 Å². The summed E-state index contributed by atoms with van der Waals surface area (Å²) in [5.74, 6) is -0.373. The van der Waals surface area contributed by atoms with Crippen molar-refractivity contribution in [2.24, 2.45) is 23.7 Å². The van der Waals surface area contributed by atoms with Gasteiger partial charge in [-0.25, -0.2) is 0 Å². The van der Waals surface area contributed by atoms with E-state index in [1.54, 1.807) is 7.05 Å². The standard InChI is InChI=1S/C11H17NO3/c1-6-3-4-7(5-13)9-8(6)10(14)12(2)11(9)15/h6-9,13H,3-5H2,1-2H3. The van der Waals surface area contributed by atoms with Gasteiger partial charge in [-0.1, -0.05) is 6.92 Å². The topological polar surface area (TPSA) is 57.6 Å². The van der Waals surface area contributed by atoms with Crippen molar-refractivity contribution in [1.82, 2.24) is 4.90 Å². The minimum Gasteiger partial charge on any atom is -0.396 e. The molecule has 0 bridgehead atoms. The van der Waals surface area contributed by atoms with Crippen molar-refractivity contribution in [3.63, 3.8) is 0 Å². The molecule has 2 rings (SSSR count). The van der Waals surface area contributed by atoms with E-state index in [2.05, 4.69) is 0 Å². The third-order valence-corrected chi connectivity index (χ3v) is 3.97. The number of aliphatic hydroxyl groups is 1. The van der Waals surface area contributed by atoms with Crippen LogP contribution in [0.15, 0.2) is 0 Å². The molecule has 0 aromatic rings. The van der Waals surface area contributed by atoms with Crippen LogP contribution in [-0.2, 0) is 9.59 Å². The van der Waals surface area contributed by atoms with Gasteiger partial charge in [-0.15, -0.1) is 0 Å². The SMILES string of the molecule is CC1CCC(CO)C2C(=O)N(C)C(=O)C12. The van der Waals surface area contributed by atoms with Crippen LogP contribution >= 0.6 is 0 Å². The molecule has 1 saturated carbocycles. The first kappa shape index (κ1) is 10.6. The number of carbonyl (C=O) groups is 2. The zero-order chi connectivity index (χ0) is 11.2. The monoisotopic (exact) mass is 211 g/mol. The first-order valence-corrected chi connectivity index (χ1v) is 5.50. The predicted octanol–water partition coefficient (Wildman–Crippen LogP) is 0.256. The van der Waals surface area contributed by atoms with Gasteiger partial charge in [0.2, 0.25) is 11.8 Å². The second-order valence-corrected chi connectivity index (χ2v) is 4.78. The largest absolute Gasteiger partial charge is 0.396 e. The zero-order valence-electron chi connectivity index (χ0n) is 9.14. The lowest BCUT2D eigenvalue weighted by atomic mass is 9.68. The van der Waals surface area contributed by atoms with Gasteiger partial charge in [0.25, 0.3) is 0 Å². The van der Waals surface area contributed by atoms with Crippen molar-refractivity contribution >= 4 is 11.8 Å². The van der Waals surface area contributed by atoms with Crippen molar-refractivity contribution in [3.05, 3.63) is 0 Å². The van der Waals surface area contributed by atoms with Crippen LogP contribution in [0.1, 0.15) is 19.8 Å². The van der Waals surface area contributed by atoms with E-state index < -0.39 is 0 Å². The minimum atomic E-state index is -0.267. The number of fused-ring (bicyclic) bond motifs is 1. The quantitative estimate of drug-likeness (QED) is 0.633. The molecule has 0 spiro atoms. The molecule has 4 heteroatoms. The molecule has 84 valence electrons. The van der Waals surface area contributed by atoms with Crippen molar-refractivity contribution in [3.8, 4) is 0 Å². The maximum atomic E-state index is 11.9. The summed E-state index contributed by atoms with van der Waals surface area (Å²) in [6, 6.07) is 0. The Morgan fingerprint density at radius 1 is 1.27 bits per heavy atom. The lowest BCUT2D eigenvalue weighted by Gasteiger charge is -2.33. The van der Waals surface area contributed by atoms with E-state index in [0.717, 1.165) is 12.8 Å². The number of carbonyl (C=O) groups excluding carboxylic acids is 2. The van der Waals surface area contributed by atoms with Crippen LogP contribution in [-0.4, -0.2) is 35.5 Å². The van der Waals surface area contributed by atoms with Gasteiger partial charge in [0.15, 0.2) is 0 Å². The van der Waals surface area contributed by atoms with Crippen LogP contribution in [0.5, 0.6) is 0 Å². The van der Waals surface area contributed by atoms with Crippen LogP contribution in [0.2, 0.25) is 0 Å². The summed E-state index contributed by atoms with van der Waals surface area (Å²) in [7, 11) is 1.55. The van der Waals surface area contributed by atoms with Gasteiger partial charge in [-0.3, -0.25) is 14.5 Å². The Labute approximate surface area is 89.3 Å². The molecule has 0 aromatic heterocycles. The molecule has 1 heterocycles. The summed E-state index contributed by atoms with van der Waals surface area (Å²) >= 11 is 0. The number of hydrogen-bond donors (Lipinski definition) is 1. The number of likely N-dealkylation sites (tertiary alicyclic amines) is 1. The molecule has 0 aromatic carbocycles. The van der Waals surface area contributed by atoms with Crippen LogP contribution in [0.3, 0.4) is 0 Å². The smallest absolute Gasteiger partial charge is 0.233 e. The average molecular weight is 211 g/mol. The summed E-state index contributed by atoms with van der Waals surface area (Å²) in [6.45, 7) is 2.04. The number of aliphatic hydroxyl groups excluding tert-OH is 1. The number of amides is 2. The summed E-state index contributed by atoms with van der Waals surface area (Å²) in [5.41, 5.74) is 0. The second kappa shape index (κ2) is 3.59. The molecule has 15 heavy (non-hydrogen) atoms. The fourth-order valence-corrected chi connectivity index (χ4v) is 3.00. The molecule has 0 radical (unpaired) electrons. The first-order valence-electron chi connectivity index (χ1n) is 5.50. The van der Waals surface area contributed by atoms with Crippen molar-refractivity contribution < 1.29 is 14.7 Å². The fourth-order valence-electron chi connectivity index (χ4n) is 3.00. The molecule has 4 atom stereocenters. The first-order chi connectivity index (χ1) is 7.07. The molecule has 1 saturated heterocycles. The third kappa shape index (κ3) is 1.39. The van der Waals surface area contributed by atoms with E-state index in [4.69, 9.17) is 0 Å². The van der Waals surface area contributed by atoms with E-state index in [0.29, 0.717) is 0 Å². The lowest BCUT2D eigenvalue weighted by molar-refractivity contribution is -0.138. The third-order valence-electron chi connectivity index (χ3n) is 3.97. The van der Waals surface area contributed by atoms with Crippen molar-refractivity contribution in [1.29, 1.82) is 0 Å². The molecule has 4 nitrogen and oxygen atoms in total. The Balaban J connectivity index is 2.32. The zero-order valence-corrected chi connectivity index (χ0v) is 9.14. The molecular formula is C11H17NO3. The maximum absolute atomic E-state index is 11.9. The molecule has 2 amide bonds. The van der Waals surface area contributed by atoms with Crippen molar-refractivity contribution in [2.75, 3.05) is 13.7 Å². The van der Waals surface area contributed by atoms with Gasteiger partial charge in [-0.05, 0) is 24.7 Å². The Morgan fingerprint density at radius 3 is 2.47 bits per heavy atom. The van der Waals surface area contributed by atoms with Crippen LogP contribution in [0, 0.1) is 23.7 Å². The van der Waals surface area contributed by atoms with Crippen LogP contribution < -0.4 is 0 Å². The molecular weight excluding hydrogens is 194 g/mol. The van der Waals surface area contributed by atoms with Gasteiger partial charge in [0.1, 0.15) is 0 Å². The Kier molecular flexibility index (Phi) is 2.54.